The lowest BCUT2D eigenvalue weighted by atomic mass is 10.1. The fraction of sp³-hybridized carbons (Fsp3) is 0.318. The summed E-state index contributed by atoms with van der Waals surface area (Å²) < 4.78 is 11.1. The Morgan fingerprint density at radius 1 is 1.14 bits per heavy atom. The van der Waals surface area contributed by atoms with Crippen LogP contribution in [0.4, 0.5) is 5.69 Å². The standard InChI is InChI=1S/C22H23N3O3/c1-15(27-19-12-3-2-4-13-19)21(26)23-18-11-7-10-17(14-18)20-24-22(28-25-20)16-8-5-6-9-16/h2-4,7,10-16H,5-6,8-9H2,1H3,(H,23,26)/t15-/m0/s1. The van der Waals surface area contributed by atoms with Gasteiger partial charge in [0.05, 0.1) is 0 Å². The zero-order valence-corrected chi connectivity index (χ0v) is 15.8. The van der Waals surface area contributed by atoms with Crippen LogP contribution in [0.3, 0.4) is 0 Å². The van der Waals surface area contributed by atoms with Crippen molar-refractivity contribution >= 4 is 11.6 Å². The van der Waals surface area contributed by atoms with Crippen molar-refractivity contribution in [2.75, 3.05) is 5.32 Å². The smallest absolute Gasteiger partial charge is 0.265 e. The number of amides is 1. The normalized spacial score (nSPS) is 15.3. The summed E-state index contributed by atoms with van der Waals surface area (Å²) in [5.74, 6) is 2.07. The second-order valence-corrected chi connectivity index (χ2v) is 7.08. The van der Waals surface area contributed by atoms with Gasteiger partial charge in [0.1, 0.15) is 5.75 Å². The van der Waals surface area contributed by atoms with Crippen molar-refractivity contribution in [2.45, 2.75) is 44.6 Å². The monoisotopic (exact) mass is 377 g/mol. The molecule has 1 fully saturated rings. The molecule has 2 aromatic carbocycles. The van der Waals surface area contributed by atoms with E-state index >= 15 is 0 Å². The fourth-order valence-corrected chi connectivity index (χ4v) is 3.43. The topological polar surface area (TPSA) is 77.2 Å². The number of ether oxygens (including phenoxy) is 1. The maximum atomic E-state index is 12.5. The van der Waals surface area contributed by atoms with Gasteiger partial charge in [0.15, 0.2) is 6.10 Å². The summed E-state index contributed by atoms with van der Waals surface area (Å²) in [4.78, 5) is 17.0. The molecule has 144 valence electrons. The molecule has 1 aromatic heterocycles. The predicted octanol–water partition coefficient (Wildman–Crippen LogP) is 4.80. The van der Waals surface area contributed by atoms with Crippen LogP contribution in [0.15, 0.2) is 59.1 Å². The van der Waals surface area contributed by atoms with Crippen LogP contribution in [0.2, 0.25) is 0 Å². The molecule has 1 aliphatic carbocycles. The number of aromatic nitrogens is 2. The number of nitrogens with one attached hydrogen (secondary N) is 1. The van der Waals surface area contributed by atoms with Crippen molar-refractivity contribution in [1.82, 2.24) is 10.1 Å². The maximum Gasteiger partial charge on any atom is 0.265 e. The molecular weight excluding hydrogens is 354 g/mol. The molecule has 1 atom stereocenters. The van der Waals surface area contributed by atoms with E-state index in [-0.39, 0.29) is 5.91 Å². The molecule has 1 saturated carbocycles. The van der Waals surface area contributed by atoms with Gasteiger partial charge >= 0.3 is 0 Å². The minimum Gasteiger partial charge on any atom is -0.481 e. The third-order valence-electron chi connectivity index (χ3n) is 4.96. The molecule has 6 heteroatoms. The minimum atomic E-state index is -0.620. The molecule has 1 aliphatic rings. The van der Waals surface area contributed by atoms with Gasteiger partial charge < -0.3 is 14.6 Å². The number of carbonyl (C=O) groups is 1. The fourth-order valence-electron chi connectivity index (χ4n) is 3.43. The lowest BCUT2D eigenvalue weighted by Gasteiger charge is -2.14. The summed E-state index contributed by atoms with van der Waals surface area (Å²) in [5.41, 5.74) is 1.47. The van der Waals surface area contributed by atoms with Crippen LogP contribution in [0.1, 0.15) is 44.4 Å². The maximum absolute atomic E-state index is 12.5. The molecule has 0 saturated heterocycles. The Morgan fingerprint density at radius 2 is 1.93 bits per heavy atom. The number of para-hydroxylation sites is 1. The molecule has 0 unspecified atom stereocenters. The first kappa shape index (κ1) is 18.2. The highest BCUT2D eigenvalue weighted by molar-refractivity contribution is 5.94. The first-order valence-electron chi connectivity index (χ1n) is 9.65. The zero-order chi connectivity index (χ0) is 19.3. The minimum absolute atomic E-state index is 0.222. The number of carbonyl (C=O) groups excluding carboxylic acids is 1. The number of benzene rings is 2. The van der Waals surface area contributed by atoms with E-state index < -0.39 is 6.10 Å². The molecule has 6 nitrogen and oxygen atoms in total. The summed E-state index contributed by atoms with van der Waals surface area (Å²) in [6.07, 6.45) is 4.03. The molecule has 0 radical (unpaired) electrons. The van der Waals surface area contributed by atoms with Gasteiger partial charge in [-0.15, -0.1) is 0 Å². The van der Waals surface area contributed by atoms with Crippen LogP contribution in [0.5, 0.6) is 5.75 Å². The first-order chi connectivity index (χ1) is 13.7. The Balaban J connectivity index is 1.42. The van der Waals surface area contributed by atoms with Crippen LogP contribution < -0.4 is 10.1 Å². The molecule has 0 spiro atoms. The molecule has 0 bridgehead atoms. The lowest BCUT2D eigenvalue weighted by molar-refractivity contribution is -0.122. The quantitative estimate of drug-likeness (QED) is 0.668. The van der Waals surface area contributed by atoms with Crippen LogP contribution in [-0.4, -0.2) is 22.2 Å². The van der Waals surface area contributed by atoms with Crippen LogP contribution >= 0.6 is 0 Å². The van der Waals surface area contributed by atoms with E-state index in [4.69, 9.17) is 9.26 Å². The van der Waals surface area contributed by atoms with Gasteiger partial charge in [0.25, 0.3) is 5.91 Å². The number of hydrogen-bond donors (Lipinski definition) is 1. The van der Waals surface area contributed by atoms with Crippen molar-refractivity contribution in [1.29, 1.82) is 0 Å². The average molecular weight is 377 g/mol. The van der Waals surface area contributed by atoms with Crippen LogP contribution in [0.25, 0.3) is 11.4 Å². The van der Waals surface area contributed by atoms with Crippen molar-refractivity contribution < 1.29 is 14.1 Å². The molecule has 28 heavy (non-hydrogen) atoms. The first-order valence-corrected chi connectivity index (χ1v) is 9.65. The molecule has 1 amide bonds. The molecule has 4 rings (SSSR count). The van der Waals surface area contributed by atoms with E-state index in [1.165, 1.54) is 12.8 Å². The largest absolute Gasteiger partial charge is 0.481 e. The van der Waals surface area contributed by atoms with E-state index in [1.807, 2.05) is 54.6 Å². The second-order valence-electron chi connectivity index (χ2n) is 7.08. The Kier molecular flexibility index (Phi) is 5.37. The summed E-state index contributed by atoms with van der Waals surface area (Å²) in [6, 6.07) is 16.7. The van der Waals surface area contributed by atoms with Crippen LogP contribution in [0, 0.1) is 0 Å². The Bertz CT molecular complexity index is 933. The Morgan fingerprint density at radius 3 is 2.71 bits per heavy atom. The molecule has 0 aliphatic heterocycles. The van der Waals surface area contributed by atoms with Gasteiger partial charge in [-0.2, -0.15) is 4.98 Å². The molecule has 1 heterocycles. The summed E-state index contributed by atoms with van der Waals surface area (Å²) >= 11 is 0. The number of anilines is 1. The highest BCUT2D eigenvalue weighted by Crippen LogP contribution is 2.34. The van der Waals surface area contributed by atoms with Crippen molar-refractivity contribution in [2.24, 2.45) is 0 Å². The number of rotatable bonds is 6. The Hall–Kier alpha value is -3.15. The average Bonchev–Trinajstić information content (AvgIpc) is 3.41. The van der Waals surface area contributed by atoms with E-state index in [1.54, 1.807) is 6.92 Å². The summed E-state index contributed by atoms with van der Waals surface area (Å²) in [7, 11) is 0. The van der Waals surface area contributed by atoms with Gasteiger partial charge in [0, 0.05) is 17.2 Å². The Labute approximate surface area is 163 Å². The predicted molar refractivity (Wildman–Crippen MR) is 106 cm³/mol. The van der Waals surface area contributed by atoms with Gasteiger partial charge in [-0.3, -0.25) is 4.79 Å². The van der Waals surface area contributed by atoms with E-state index in [9.17, 15) is 4.79 Å². The van der Waals surface area contributed by atoms with Crippen molar-refractivity contribution in [3.63, 3.8) is 0 Å². The SMILES string of the molecule is C[C@H](Oc1ccccc1)C(=O)Nc1cccc(-c2noc(C3CCCC3)n2)c1. The highest BCUT2D eigenvalue weighted by Gasteiger charge is 2.23. The molecule has 1 N–H and O–H groups in total. The van der Waals surface area contributed by atoms with E-state index in [0.717, 1.165) is 18.4 Å². The lowest BCUT2D eigenvalue weighted by Crippen LogP contribution is -2.30. The summed E-state index contributed by atoms with van der Waals surface area (Å²) in [6.45, 7) is 1.72. The van der Waals surface area contributed by atoms with Gasteiger partial charge in [0.2, 0.25) is 11.7 Å². The van der Waals surface area contributed by atoms with E-state index in [0.29, 0.717) is 29.1 Å². The van der Waals surface area contributed by atoms with Gasteiger partial charge in [-0.05, 0) is 44.0 Å². The zero-order valence-electron chi connectivity index (χ0n) is 15.8. The molecular formula is C22H23N3O3. The summed E-state index contributed by atoms with van der Waals surface area (Å²) in [5, 5.41) is 7.00. The van der Waals surface area contributed by atoms with Crippen molar-refractivity contribution in [3.8, 4) is 17.1 Å². The third kappa shape index (κ3) is 4.22. The number of hydrogen-bond acceptors (Lipinski definition) is 5. The van der Waals surface area contributed by atoms with Crippen LogP contribution in [-0.2, 0) is 4.79 Å². The van der Waals surface area contributed by atoms with Crippen molar-refractivity contribution in [3.05, 3.63) is 60.5 Å². The van der Waals surface area contributed by atoms with Gasteiger partial charge in [-0.25, -0.2) is 0 Å². The highest BCUT2D eigenvalue weighted by atomic mass is 16.5. The molecule has 3 aromatic rings. The third-order valence-corrected chi connectivity index (χ3v) is 4.96. The van der Waals surface area contributed by atoms with E-state index in [2.05, 4.69) is 15.5 Å². The van der Waals surface area contributed by atoms with Gasteiger partial charge in [-0.1, -0.05) is 48.3 Å². The second kappa shape index (κ2) is 8.25. The number of nitrogens with zero attached hydrogens (tertiary/aromatic N) is 2.